The molecular formula is C15H19F3N4O2. The summed E-state index contributed by atoms with van der Waals surface area (Å²) in [5, 5.41) is 5.31. The molecule has 2 rings (SSSR count). The molecule has 0 radical (unpaired) electrons. The molecule has 0 aliphatic carbocycles. The van der Waals surface area contributed by atoms with Crippen molar-refractivity contribution in [2.75, 3.05) is 31.1 Å². The molecule has 1 saturated heterocycles. The Morgan fingerprint density at radius 3 is 2.58 bits per heavy atom. The summed E-state index contributed by atoms with van der Waals surface area (Å²) in [5.41, 5.74) is -0.794. The van der Waals surface area contributed by atoms with Crippen molar-refractivity contribution in [1.29, 1.82) is 0 Å². The first-order valence-corrected chi connectivity index (χ1v) is 7.57. The topological polar surface area (TPSA) is 74.3 Å². The predicted molar refractivity (Wildman–Crippen MR) is 81.3 cm³/mol. The van der Waals surface area contributed by atoms with Gasteiger partial charge in [0.1, 0.15) is 5.82 Å². The Morgan fingerprint density at radius 1 is 1.29 bits per heavy atom. The van der Waals surface area contributed by atoms with Crippen LogP contribution in [0.1, 0.15) is 18.9 Å². The number of aromatic nitrogens is 1. The second kappa shape index (κ2) is 7.50. The van der Waals surface area contributed by atoms with Gasteiger partial charge in [-0.3, -0.25) is 9.59 Å². The number of pyridine rings is 1. The molecule has 1 atom stereocenters. The third-order valence-electron chi connectivity index (χ3n) is 3.76. The van der Waals surface area contributed by atoms with Gasteiger partial charge in [0, 0.05) is 39.3 Å². The Balaban J connectivity index is 1.84. The van der Waals surface area contributed by atoms with Crippen LogP contribution in [0.4, 0.5) is 19.0 Å². The highest BCUT2D eigenvalue weighted by atomic mass is 19.4. The summed E-state index contributed by atoms with van der Waals surface area (Å²) in [4.78, 5) is 28.4. The fourth-order valence-electron chi connectivity index (χ4n) is 2.49. The number of carbonyl (C=O) groups is 2. The highest BCUT2D eigenvalue weighted by Crippen LogP contribution is 2.30. The lowest BCUT2D eigenvalue weighted by molar-refractivity contribution is -0.137. The summed E-state index contributed by atoms with van der Waals surface area (Å²) in [5.74, 6) is -0.109. The molecule has 1 aromatic rings. The van der Waals surface area contributed by atoms with E-state index in [0.717, 1.165) is 12.3 Å². The minimum absolute atomic E-state index is 0.130. The molecule has 2 amide bonds. The number of amides is 2. The van der Waals surface area contributed by atoms with Crippen molar-refractivity contribution >= 4 is 17.6 Å². The van der Waals surface area contributed by atoms with Crippen LogP contribution in [0.25, 0.3) is 0 Å². The summed E-state index contributed by atoms with van der Waals surface area (Å²) in [6, 6.07) is 2.31. The number of nitrogens with zero attached hydrogens (tertiary/aromatic N) is 2. The number of rotatable bonds is 5. The van der Waals surface area contributed by atoms with Crippen LogP contribution < -0.4 is 15.5 Å². The molecule has 24 heavy (non-hydrogen) atoms. The maximum Gasteiger partial charge on any atom is 0.417 e. The van der Waals surface area contributed by atoms with E-state index in [1.807, 2.05) is 0 Å². The Kier molecular flexibility index (Phi) is 5.63. The van der Waals surface area contributed by atoms with Gasteiger partial charge in [0.15, 0.2) is 0 Å². The first-order valence-electron chi connectivity index (χ1n) is 7.57. The fraction of sp³-hybridized carbons (Fsp3) is 0.533. The molecule has 1 aliphatic heterocycles. The van der Waals surface area contributed by atoms with Crippen molar-refractivity contribution in [2.45, 2.75) is 19.5 Å². The number of nitrogens with one attached hydrogen (secondary N) is 2. The van der Waals surface area contributed by atoms with Gasteiger partial charge in [0.25, 0.3) is 0 Å². The average Bonchev–Trinajstić information content (AvgIpc) is 3.00. The van der Waals surface area contributed by atoms with E-state index in [-0.39, 0.29) is 17.7 Å². The highest BCUT2D eigenvalue weighted by molar-refractivity contribution is 5.80. The molecule has 2 N–H and O–H groups in total. The average molecular weight is 344 g/mol. The lowest BCUT2D eigenvalue weighted by atomic mass is 10.1. The summed E-state index contributed by atoms with van der Waals surface area (Å²) in [6.07, 6.45) is -3.00. The van der Waals surface area contributed by atoms with Gasteiger partial charge < -0.3 is 15.5 Å². The van der Waals surface area contributed by atoms with E-state index in [0.29, 0.717) is 38.4 Å². The molecular weight excluding hydrogens is 325 g/mol. The molecule has 1 fully saturated rings. The second-order valence-corrected chi connectivity index (χ2v) is 5.61. The maximum atomic E-state index is 12.5. The fourth-order valence-corrected chi connectivity index (χ4v) is 2.49. The number of hydrogen-bond acceptors (Lipinski definition) is 4. The Bertz CT molecular complexity index is 589. The van der Waals surface area contributed by atoms with E-state index in [1.54, 1.807) is 4.90 Å². The first-order chi connectivity index (χ1) is 11.3. The van der Waals surface area contributed by atoms with E-state index in [1.165, 1.54) is 13.0 Å². The number of hydrogen-bond donors (Lipinski definition) is 2. The zero-order valence-corrected chi connectivity index (χ0v) is 13.2. The summed E-state index contributed by atoms with van der Waals surface area (Å²) >= 11 is 0. The quantitative estimate of drug-likeness (QED) is 0.787. The van der Waals surface area contributed by atoms with Crippen LogP contribution in [0, 0.1) is 5.92 Å². The largest absolute Gasteiger partial charge is 0.417 e. The molecule has 1 aliphatic rings. The van der Waals surface area contributed by atoms with E-state index < -0.39 is 11.7 Å². The first kappa shape index (κ1) is 18.0. The maximum absolute atomic E-state index is 12.5. The molecule has 1 aromatic heterocycles. The van der Waals surface area contributed by atoms with Crippen molar-refractivity contribution in [2.24, 2.45) is 5.92 Å². The van der Waals surface area contributed by atoms with Gasteiger partial charge in [-0.05, 0) is 18.6 Å². The van der Waals surface area contributed by atoms with Gasteiger partial charge in [-0.25, -0.2) is 4.98 Å². The van der Waals surface area contributed by atoms with Gasteiger partial charge in [0.05, 0.1) is 11.5 Å². The molecule has 132 valence electrons. The van der Waals surface area contributed by atoms with E-state index in [4.69, 9.17) is 0 Å². The molecule has 0 saturated carbocycles. The van der Waals surface area contributed by atoms with E-state index in [9.17, 15) is 22.8 Å². The number of alkyl halides is 3. The van der Waals surface area contributed by atoms with Crippen LogP contribution in [0.2, 0.25) is 0 Å². The van der Waals surface area contributed by atoms with Crippen molar-refractivity contribution in [3.63, 3.8) is 0 Å². The van der Waals surface area contributed by atoms with E-state index in [2.05, 4.69) is 15.6 Å². The normalized spacial score (nSPS) is 17.7. The molecule has 0 unspecified atom stereocenters. The summed E-state index contributed by atoms with van der Waals surface area (Å²) < 4.78 is 37.6. The standard InChI is InChI=1S/C15H19F3N4O2/c1-10(23)19-5-6-20-14(24)11-4-7-22(9-11)13-3-2-12(8-21-13)15(16,17)18/h2-3,8,11H,4-7,9H2,1H3,(H,19,23)(H,20,24)/t11-/m1/s1. The molecule has 9 heteroatoms. The highest BCUT2D eigenvalue weighted by Gasteiger charge is 2.32. The van der Waals surface area contributed by atoms with Crippen LogP contribution in [0.5, 0.6) is 0 Å². The lowest BCUT2D eigenvalue weighted by Crippen LogP contribution is -2.38. The van der Waals surface area contributed by atoms with Gasteiger partial charge in [0.2, 0.25) is 11.8 Å². The number of carbonyl (C=O) groups excluding carboxylic acids is 2. The van der Waals surface area contributed by atoms with Crippen LogP contribution in [-0.2, 0) is 15.8 Å². The summed E-state index contributed by atoms with van der Waals surface area (Å²) in [7, 11) is 0. The van der Waals surface area contributed by atoms with Crippen molar-refractivity contribution in [3.05, 3.63) is 23.9 Å². The monoisotopic (exact) mass is 344 g/mol. The SMILES string of the molecule is CC(=O)NCCNC(=O)[C@@H]1CCN(c2ccc(C(F)(F)F)cn2)C1. The Hall–Kier alpha value is -2.32. The molecule has 0 bridgehead atoms. The third kappa shape index (κ3) is 4.84. The molecule has 6 nitrogen and oxygen atoms in total. The zero-order valence-electron chi connectivity index (χ0n) is 13.2. The molecule has 0 spiro atoms. The van der Waals surface area contributed by atoms with Crippen molar-refractivity contribution < 1.29 is 22.8 Å². The zero-order chi connectivity index (χ0) is 17.7. The number of halogens is 3. The van der Waals surface area contributed by atoms with Crippen molar-refractivity contribution in [1.82, 2.24) is 15.6 Å². The Morgan fingerprint density at radius 2 is 2.00 bits per heavy atom. The van der Waals surface area contributed by atoms with E-state index >= 15 is 0 Å². The molecule has 2 heterocycles. The van der Waals surface area contributed by atoms with Gasteiger partial charge in [-0.2, -0.15) is 13.2 Å². The van der Waals surface area contributed by atoms with Crippen LogP contribution in [0.15, 0.2) is 18.3 Å². The predicted octanol–water partition coefficient (Wildman–Crippen LogP) is 1.18. The summed E-state index contributed by atoms with van der Waals surface area (Å²) in [6.45, 7) is 3.06. The number of anilines is 1. The lowest BCUT2D eigenvalue weighted by Gasteiger charge is -2.18. The van der Waals surface area contributed by atoms with Gasteiger partial charge >= 0.3 is 6.18 Å². The van der Waals surface area contributed by atoms with Crippen LogP contribution in [-0.4, -0.2) is 43.0 Å². The van der Waals surface area contributed by atoms with Gasteiger partial charge in [-0.1, -0.05) is 0 Å². The second-order valence-electron chi connectivity index (χ2n) is 5.61. The minimum Gasteiger partial charge on any atom is -0.356 e. The molecule has 0 aromatic carbocycles. The van der Waals surface area contributed by atoms with Crippen molar-refractivity contribution in [3.8, 4) is 0 Å². The van der Waals surface area contributed by atoms with Gasteiger partial charge in [-0.15, -0.1) is 0 Å². The minimum atomic E-state index is -4.41. The Labute approximate surface area is 137 Å². The van der Waals surface area contributed by atoms with Crippen LogP contribution in [0.3, 0.4) is 0 Å². The smallest absolute Gasteiger partial charge is 0.356 e. The third-order valence-corrected chi connectivity index (χ3v) is 3.76. The van der Waals surface area contributed by atoms with Crippen LogP contribution >= 0.6 is 0 Å².